The molecule has 0 aliphatic rings. The minimum Gasteiger partial charge on any atom is -0.354 e. The molecule has 0 saturated carbocycles. The number of nitrogens with one attached hydrogen (secondary N) is 1. The molecule has 214 valence electrons. The molecule has 0 unspecified atom stereocenters. The number of aryl methyl sites for hydroxylation is 2. The average Bonchev–Trinajstić information content (AvgIpc) is 2.92. The van der Waals surface area contributed by atoms with Crippen molar-refractivity contribution in [1.29, 1.82) is 0 Å². The number of carbonyl (C=O) groups is 2. The molecule has 7 nitrogen and oxygen atoms in total. The Morgan fingerprint density at radius 2 is 1.65 bits per heavy atom. The number of rotatable bonds is 12. The molecule has 0 radical (unpaired) electrons. The van der Waals surface area contributed by atoms with Gasteiger partial charge in [-0.25, -0.2) is 8.42 Å². The highest BCUT2D eigenvalue weighted by Crippen LogP contribution is 2.29. The Balaban J connectivity index is 2.04. The van der Waals surface area contributed by atoms with Gasteiger partial charge in [-0.15, -0.1) is 0 Å². The number of sulfonamides is 1. The van der Waals surface area contributed by atoms with E-state index in [1.54, 1.807) is 61.5 Å². The standard InChI is InChI=1S/C31H38ClN3O4S/c1-6-7-18-33-31(37)25(5)34(20-26-11-9-12-27(32)19-26)30(36)21-35(29-13-8-10-23(3)24(29)4)40(38,39)28-16-14-22(2)15-17-28/h8-17,19,25H,6-7,18,20-21H2,1-5H3,(H,33,37)/t25-/m1/s1. The number of hydrogen-bond acceptors (Lipinski definition) is 4. The number of anilines is 1. The summed E-state index contributed by atoms with van der Waals surface area (Å²) in [5, 5.41) is 3.39. The average molecular weight is 584 g/mol. The fourth-order valence-corrected chi connectivity index (χ4v) is 5.99. The van der Waals surface area contributed by atoms with Gasteiger partial charge in [0.05, 0.1) is 10.6 Å². The van der Waals surface area contributed by atoms with Gasteiger partial charge in [0.15, 0.2) is 0 Å². The molecule has 3 aromatic rings. The molecular formula is C31H38ClN3O4S. The van der Waals surface area contributed by atoms with Crippen LogP contribution in [0.2, 0.25) is 5.02 Å². The Morgan fingerprint density at radius 3 is 2.30 bits per heavy atom. The molecule has 2 amide bonds. The van der Waals surface area contributed by atoms with E-state index in [0.29, 0.717) is 17.3 Å². The highest BCUT2D eigenvalue weighted by molar-refractivity contribution is 7.92. The van der Waals surface area contributed by atoms with Gasteiger partial charge in [0, 0.05) is 18.1 Å². The van der Waals surface area contributed by atoms with Crippen LogP contribution >= 0.6 is 11.6 Å². The number of nitrogens with zero attached hydrogens (tertiary/aromatic N) is 2. The Morgan fingerprint density at radius 1 is 0.975 bits per heavy atom. The van der Waals surface area contributed by atoms with Gasteiger partial charge in [-0.05, 0) is 81.1 Å². The van der Waals surface area contributed by atoms with Gasteiger partial charge in [-0.3, -0.25) is 13.9 Å². The largest absolute Gasteiger partial charge is 0.354 e. The summed E-state index contributed by atoms with van der Waals surface area (Å²) in [6.45, 7) is 9.40. The number of hydrogen-bond donors (Lipinski definition) is 1. The third kappa shape index (κ3) is 7.64. The maximum atomic E-state index is 14.0. The molecule has 0 aliphatic heterocycles. The van der Waals surface area contributed by atoms with E-state index in [1.165, 1.54) is 4.90 Å². The van der Waals surface area contributed by atoms with Crippen LogP contribution in [0.1, 0.15) is 48.9 Å². The molecule has 0 spiro atoms. The van der Waals surface area contributed by atoms with Gasteiger partial charge < -0.3 is 10.2 Å². The minimum atomic E-state index is -4.12. The molecular weight excluding hydrogens is 546 g/mol. The molecule has 0 fully saturated rings. The van der Waals surface area contributed by atoms with E-state index in [2.05, 4.69) is 5.32 Å². The number of carbonyl (C=O) groups excluding carboxylic acids is 2. The maximum Gasteiger partial charge on any atom is 0.264 e. The van der Waals surface area contributed by atoms with Crippen molar-refractivity contribution in [3.63, 3.8) is 0 Å². The van der Waals surface area contributed by atoms with Crippen LogP contribution in [-0.2, 0) is 26.2 Å². The van der Waals surface area contributed by atoms with Gasteiger partial charge >= 0.3 is 0 Å². The van der Waals surface area contributed by atoms with E-state index in [1.807, 2.05) is 39.8 Å². The second-order valence-electron chi connectivity index (χ2n) is 10.0. The molecule has 0 saturated heterocycles. The van der Waals surface area contributed by atoms with E-state index >= 15 is 0 Å². The van der Waals surface area contributed by atoms with Gasteiger partial charge in [0.2, 0.25) is 11.8 Å². The lowest BCUT2D eigenvalue weighted by Gasteiger charge is -2.32. The molecule has 3 rings (SSSR count). The Hall–Kier alpha value is -3.36. The summed E-state index contributed by atoms with van der Waals surface area (Å²) >= 11 is 6.20. The first-order chi connectivity index (χ1) is 18.9. The van der Waals surface area contributed by atoms with Crippen molar-refractivity contribution in [3.8, 4) is 0 Å². The van der Waals surface area contributed by atoms with Crippen LogP contribution in [0.25, 0.3) is 0 Å². The topological polar surface area (TPSA) is 86.8 Å². The zero-order chi connectivity index (χ0) is 29.4. The van der Waals surface area contributed by atoms with Crippen molar-refractivity contribution in [2.24, 2.45) is 0 Å². The van der Waals surface area contributed by atoms with Crippen molar-refractivity contribution in [1.82, 2.24) is 10.2 Å². The molecule has 3 aromatic carbocycles. The number of amides is 2. The highest BCUT2D eigenvalue weighted by atomic mass is 35.5. The van der Waals surface area contributed by atoms with Crippen molar-refractivity contribution in [2.45, 2.75) is 64.9 Å². The van der Waals surface area contributed by atoms with Crippen LogP contribution in [0.3, 0.4) is 0 Å². The van der Waals surface area contributed by atoms with E-state index < -0.39 is 28.5 Å². The molecule has 9 heteroatoms. The van der Waals surface area contributed by atoms with E-state index in [0.717, 1.165) is 39.4 Å². The fraction of sp³-hybridized carbons (Fsp3) is 0.355. The second-order valence-corrected chi connectivity index (χ2v) is 12.3. The van der Waals surface area contributed by atoms with Gasteiger partial charge in [-0.2, -0.15) is 0 Å². The molecule has 0 heterocycles. The number of unbranched alkanes of at least 4 members (excludes halogenated alkanes) is 1. The Labute approximate surface area is 243 Å². The summed E-state index contributed by atoms with van der Waals surface area (Å²) in [6.07, 6.45) is 1.73. The molecule has 1 N–H and O–H groups in total. The normalized spacial score (nSPS) is 12.1. The zero-order valence-electron chi connectivity index (χ0n) is 23.8. The zero-order valence-corrected chi connectivity index (χ0v) is 25.3. The SMILES string of the molecule is CCCCNC(=O)[C@@H](C)N(Cc1cccc(Cl)c1)C(=O)CN(c1cccc(C)c1C)S(=O)(=O)c1ccc(C)cc1. The van der Waals surface area contributed by atoms with Crippen LogP contribution in [0.15, 0.2) is 71.6 Å². The second kappa shape index (κ2) is 13.8. The van der Waals surface area contributed by atoms with Crippen LogP contribution in [-0.4, -0.2) is 44.3 Å². The van der Waals surface area contributed by atoms with Gasteiger partial charge in [0.25, 0.3) is 10.0 Å². The minimum absolute atomic E-state index is 0.0820. The van der Waals surface area contributed by atoms with Crippen LogP contribution in [0.5, 0.6) is 0 Å². The van der Waals surface area contributed by atoms with Gasteiger partial charge in [0.1, 0.15) is 12.6 Å². The fourth-order valence-electron chi connectivity index (χ4n) is 4.31. The first-order valence-corrected chi connectivity index (χ1v) is 15.2. The van der Waals surface area contributed by atoms with E-state index in [9.17, 15) is 18.0 Å². The number of benzene rings is 3. The lowest BCUT2D eigenvalue weighted by molar-refractivity contribution is -0.139. The Kier molecular flexibility index (Phi) is 10.8. The summed E-state index contributed by atoms with van der Waals surface area (Å²) in [5.74, 6) is -0.807. The van der Waals surface area contributed by atoms with E-state index in [4.69, 9.17) is 11.6 Å². The summed E-state index contributed by atoms with van der Waals surface area (Å²) in [7, 11) is -4.12. The summed E-state index contributed by atoms with van der Waals surface area (Å²) in [5.41, 5.74) is 3.71. The smallest absolute Gasteiger partial charge is 0.264 e. The lowest BCUT2D eigenvalue weighted by Crippen LogP contribution is -2.51. The number of halogens is 1. The molecule has 1 atom stereocenters. The van der Waals surface area contributed by atoms with Crippen molar-refractivity contribution in [2.75, 3.05) is 17.4 Å². The van der Waals surface area contributed by atoms with Crippen molar-refractivity contribution >= 4 is 39.1 Å². The third-order valence-electron chi connectivity index (χ3n) is 6.97. The van der Waals surface area contributed by atoms with Crippen molar-refractivity contribution in [3.05, 3.63) is 94.0 Å². The van der Waals surface area contributed by atoms with Crippen LogP contribution < -0.4 is 9.62 Å². The molecule has 40 heavy (non-hydrogen) atoms. The van der Waals surface area contributed by atoms with Crippen LogP contribution in [0, 0.1) is 20.8 Å². The first-order valence-electron chi connectivity index (χ1n) is 13.4. The van der Waals surface area contributed by atoms with E-state index in [-0.39, 0.29) is 17.3 Å². The summed E-state index contributed by atoms with van der Waals surface area (Å²) in [4.78, 5) is 28.6. The summed E-state index contributed by atoms with van der Waals surface area (Å²) in [6, 6.07) is 18.1. The predicted molar refractivity (Wildman–Crippen MR) is 161 cm³/mol. The monoisotopic (exact) mass is 583 g/mol. The quantitative estimate of drug-likeness (QED) is 0.273. The van der Waals surface area contributed by atoms with Crippen molar-refractivity contribution < 1.29 is 18.0 Å². The third-order valence-corrected chi connectivity index (χ3v) is 8.98. The molecule has 0 bridgehead atoms. The Bertz CT molecular complexity index is 1440. The molecule has 0 aliphatic carbocycles. The van der Waals surface area contributed by atoms with Gasteiger partial charge in [-0.1, -0.05) is 66.9 Å². The van der Waals surface area contributed by atoms with Crippen LogP contribution in [0.4, 0.5) is 5.69 Å². The summed E-state index contributed by atoms with van der Waals surface area (Å²) < 4.78 is 29.2. The first kappa shape index (κ1) is 31.2. The molecule has 0 aromatic heterocycles. The predicted octanol–water partition coefficient (Wildman–Crippen LogP) is 5.79. The lowest BCUT2D eigenvalue weighted by atomic mass is 10.1. The maximum absolute atomic E-state index is 14.0. The highest BCUT2D eigenvalue weighted by Gasteiger charge is 2.33.